The number of nitrogen functional groups attached to an aromatic ring is 1. The van der Waals surface area contributed by atoms with Gasteiger partial charge in [0.1, 0.15) is 0 Å². The van der Waals surface area contributed by atoms with Crippen LogP contribution in [0.2, 0.25) is 0 Å². The standard InChI is InChI=1S/C14H21FN2O/c1-4-18-13-9-12(11(16)8-10(13)15)17-7-5-6-14(17,2)3/h8-9H,4-7,16H2,1-3H3. The molecule has 1 saturated heterocycles. The van der Waals surface area contributed by atoms with Crippen LogP contribution in [0.25, 0.3) is 0 Å². The number of ether oxygens (including phenoxy) is 1. The fourth-order valence-corrected chi connectivity index (χ4v) is 2.61. The van der Waals surface area contributed by atoms with E-state index < -0.39 is 5.82 Å². The van der Waals surface area contributed by atoms with Crippen LogP contribution in [0, 0.1) is 5.82 Å². The van der Waals surface area contributed by atoms with E-state index in [4.69, 9.17) is 10.5 Å². The maximum atomic E-state index is 13.7. The highest BCUT2D eigenvalue weighted by Gasteiger charge is 2.33. The number of nitrogens with two attached hydrogens (primary N) is 1. The second kappa shape index (κ2) is 4.67. The summed E-state index contributed by atoms with van der Waals surface area (Å²) in [5, 5.41) is 0. The van der Waals surface area contributed by atoms with Crippen molar-refractivity contribution in [2.75, 3.05) is 23.8 Å². The van der Waals surface area contributed by atoms with E-state index in [-0.39, 0.29) is 11.3 Å². The highest BCUT2D eigenvalue weighted by atomic mass is 19.1. The van der Waals surface area contributed by atoms with Gasteiger partial charge in [-0.15, -0.1) is 0 Å². The van der Waals surface area contributed by atoms with Crippen molar-refractivity contribution in [2.24, 2.45) is 0 Å². The van der Waals surface area contributed by atoms with Crippen LogP contribution < -0.4 is 15.4 Å². The van der Waals surface area contributed by atoms with E-state index in [9.17, 15) is 4.39 Å². The van der Waals surface area contributed by atoms with Gasteiger partial charge in [0, 0.05) is 24.2 Å². The minimum atomic E-state index is -0.393. The third-order valence-electron chi connectivity index (χ3n) is 3.57. The van der Waals surface area contributed by atoms with Gasteiger partial charge in [-0.25, -0.2) is 4.39 Å². The van der Waals surface area contributed by atoms with Crippen LogP contribution in [0.15, 0.2) is 12.1 Å². The summed E-state index contributed by atoms with van der Waals surface area (Å²) < 4.78 is 19.0. The Balaban J connectivity index is 2.41. The zero-order valence-electron chi connectivity index (χ0n) is 11.3. The topological polar surface area (TPSA) is 38.5 Å². The maximum absolute atomic E-state index is 13.7. The molecule has 3 nitrogen and oxygen atoms in total. The Kier molecular flexibility index (Phi) is 3.37. The van der Waals surface area contributed by atoms with E-state index in [1.807, 2.05) is 6.92 Å². The molecule has 1 aliphatic heterocycles. The molecule has 0 saturated carbocycles. The Hall–Kier alpha value is -1.45. The molecule has 0 atom stereocenters. The lowest BCUT2D eigenvalue weighted by atomic mass is 10.0. The fraction of sp³-hybridized carbons (Fsp3) is 0.571. The van der Waals surface area contributed by atoms with Gasteiger partial charge in [0.15, 0.2) is 11.6 Å². The van der Waals surface area contributed by atoms with Crippen LogP contribution in [0.5, 0.6) is 5.75 Å². The van der Waals surface area contributed by atoms with Gasteiger partial charge in [-0.1, -0.05) is 0 Å². The molecule has 1 aromatic rings. The summed E-state index contributed by atoms with van der Waals surface area (Å²) in [5.74, 6) is -0.112. The maximum Gasteiger partial charge on any atom is 0.167 e. The first-order valence-electron chi connectivity index (χ1n) is 6.45. The smallest absolute Gasteiger partial charge is 0.167 e. The Labute approximate surface area is 108 Å². The quantitative estimate of drug-likeness (QED) is 0.840. The summed E-state index contributed by atoms with van der Waals surface area (Å²) in [6.45, 7) is 7.61. The van der Waals surface area contributed by atoms with Crippen molar-refractivity contribution in [1.82, 2.24) is 0 Å². The van der Waals surface area contributed by atoms with E-state index in [0.29, 0.717) is 12.3 Å². The predicted octanol–water partition coefficient (Wildman–Crippen LogP) is 3.19. The Morgan fingerprint density at radius 2 is 2.17 bits per heavy atom. The van der Waals surface area contributed by atoms with Crippen LogP contribution in [-0.4, -0.2) is 18.7 Å². The van der Waals surface area contributed by atoms with Gasteiger partial charge in [-0.2, -0.15) is 0 Å². The first-order valence-corrected chi connectivity index (χ1v) is 6.45. The summed E-state index contributed by atoms with van der Waals surface area (Å²) in [6.07, 6.45) is 2.25. The number of nitrogens with zero attached hydrogens (tertiary/aromatic N) is 1. The summed E-state index contributed by atoms with van der Waals surface area (Å²) in [4.78, 5) is 2.24. The van der Waals surface area contributed by atoms with Gasteiger partial charge in [0.25, 0.3) is 0 Å². The second-order valence-corrected chi connectivity index (χ2v) is 5.34. The molecule has 2 N–H and O–H groups in total. The summed E-state index contributed by atoms with van der Waals surface area (Å²) in [6, 6.07) is 3.08. The van der Waals surface area contributed by atoms with E-state index in [1.54, 1.807) is 6.07 Å². The normalized spacial score (nSPS) is 18.1. The first kappa shape index (κ1) is 13.0. The van der Waals surface area contributed by atoms with E-state index in [2.05, 4.69) is 18.7 Å². The third kappa shape index (κ3) is 2.24. The van der Waals surface area contributed by atoms with E-state index in [0.717, 1.165) is 25.1 Å². The van der Waals surface area contributed by atoms with E-state index >= 15 is 0 Å². The van der Waals surface area contributed by atoms with Gasteiger partial charge in [-0.05, 0) is 33.6 Å². The van der Waals surface area contributed by atoms with E-state index in [1.165, 1.54) is 6.07 Å². The fourth-order valence-electron chi connectivity index (χ4n) is 2.61. The molecule has 2 rings (SSSR count). The summed E-state index contributed by atoms with van der Waals surface area (Å²) >= 11 is 0. The van der Waals surface area contributed by atoms with Gasteiger partial charge < -0.3 is 15.4 Å². The lowest BCUT2D eigenvalue weighted by Crippen LogP contribution is -2.38. The average molecular weight is 252 g/mol. The molecule has 0 bridgehead atoms. The molecule has 4 heteroatoms. The SMILES string of the molecule is CCOc1cc(N2CCCC2(C)C)c(N)cc1F. The predicted molar refractivity (Wildman–Crippen MR) is 72.6 cm³/mol. The number of anilines is 2. The number of halogens is 1. The Morgan fingerprint density at radius 3 is 2.72 bits per heavy atom. The van der Waals surface area contributed by atoms with Gasteiger partial charge in [-0.3, -0.25) is 0 Å². The van der Waals surface area contributed by atoms with Crippen molar-refractivity contribution >= 4 is 11.4 Å². The van der Waals surface area contributed by atoms with Crippen LogP contribution in [-0.2, 0) is 0 Å². The number of benzene rings is 1. The molecule has 0 radical (unpaired) electrons. The zero-order chi connectivity index (χ0) is 13.3. The number of rotatable bonds is 3. The van der Waals surface area contributed by atoms with Crippen LogP contribution in [0.3, 0.4) is 0 Å². The van der Waals surface area contributed by atoms with Crippen LogP contribution in [0.4, 0.5) is 15.8 Å². The second-order valence-electron chi connectivity index (χ2n) is 5.34. The summed E-state index contributed by atoms with van der Waals surface area (Å²) in [7, 11) is 0. The lowest BCUT2D eigenvalue weighted by Gasteiger charge is -2.34. The average Bonchev–Trinajstić information content (AvgIpc) is 2.62. The van der Waals surface area contributed by atoms with Crippen molar-refractivity contribution in [3.05, 3.63) is 17.9 Å². The van der Waals surface area contributed by atoms with Crippen molar-refractivity contribution in [2.45, 2.75) is 39.2 Å². The van der Waals surface area contributed by atoms with Crippen LogP contribution >= 0.6 is 0 Å². The molecule has 1 aliphatic rings. The van der Waals surface area contributed by atoms with Gasteiger partial charge >= 0.3 is 0 Å². The lowest BCUT2D eigenvalue weighted by molar-refractivity contribution is 0.321. The Bertz CT molecular complexity index is 446. The van der Waals surface area contributed by atoms with Crippen molar-refractivity contribution in [3.63, 3.8) is 0 Å². The van der Waals surface area contributed by atoms with Crippen LogP contribution in [0.1, 0.15) is 33.6 Å². The monoisotopic (exact) mass is 252 g/mol. The minimum absolute atomic E-state index is 0.0649. The van der Waals surface area contributed by atoms with Gasteiger partial charge in [0.05, 0.1) is 18.0 Å². The largest absolute Gasteiger partial charge is 0.491 e. The van der Waals surface area contributed by atoms with Crippen molar-refractivity contribution in [3.8, 4) is 5.75 Å². The molecule has 1 fully saturated rings. The number of hydrogen-bond acceptors (Lipinski definition) is 3. The molecule has 0 unspecified atom stereocenters. The third-order valence-corrected chi connectivity index (χ3v) is 3.57. The molecule has 18 heavy (non-hydrogen) atoms. The molecule has 0 spiro atoms. The molecule has 100 valence electrons. The molecule has 1 heterocycles. The molecule has 0 amide bonds. The molecule has 1 aromatic carbocycles. The highest BCUT2D eigenvalue weighted by molar-refractivity contribution is 5.71. The molecular weight excluding hydrogens is 231 g/mol. The van der Waals surface area contributed by atoms with Gasteiger partial charge in [0.2, 0.25) is 0 Å². The minimum Gasteiger partial charge on any atom is -0.491 e. The summed E-state index contributed by atoms with van der Waals surface area (Å²) in [5.41, 5.74) is 7.37. The molecule has 0 aromatic heterocycles. The Morgan fingerprint density at radius 1 is 1.44 bits per heavy atom. The highest BCUT2D eigenvalue weighted by Crippen LogP contribution is 2.39. The molecule has 0 aliphatic carbocycles. The first-order chi connectivity index (χ1) is 8.45. The molecular formula is C14H21FN2O. The zero-order valence-corrected chi connectivity index (χ0v) is 11.3. The van der Waals surface area contributed by atoms with Crippen molar-refractivity contribution in [1.29, 1.82) is 0 Å². The number of hydrogen-bond donors (Lipinski definition) is 1. The van der Waals surface area contributed by atoms with Crippen molar-refractivity contribution < 1.29 is 9.13 Å².